The molecule has 0 radical (unpaired) electrons. The van der Waals surface area contributed by atoms with Crippen molar-refractivity contribution >= 4 is 22.6 Å². The van der Waals surface area contributed by atoms with Gasteiger partial charge < -0.3 is 4.74 Å². The first kappa shape index (κ1) is 16.9. The molecule has 0 saturated carbocycles. The number of alkyl halides is 1. The summed E-state index contributed by atoms with van der Waals surface area (Å²) < 4.78 is 20.6. The van der Waals surface area contributed by atoms with Gasteiger partial charge in [0, 0.05) is 16.6 Å². The average Bonchev–Trinajstić information content (AvgIpc) is 2.43. The van der Waals surface area contributed by atoms with Crippen molar-refractivity contribution in [3.8, 4) is 0 Å². The summed E-state index contributed by atoms with van der Waals surface area (Å²) in [5, 5.41) is 0. The molecule has 0 aliphatic heterocycles. The van der Waals surface area contributed by atoms with E-state index >= 15 is 0 Å². The summed E-state index contributed by atoms with van der Waals surface area (Å²) >= 11 is 2.27. The minimum Gasteiger partial charge on any atom is -0.370 e. The van der Waals surface area contributed by atoms with Crippen LogP contribution in [0.2, 0.25) is 0 Å². The summed E-state index contributed by atoms with van der Waals surface area (Å²) in [7, 11) is 0. The third kappa shape index (κ3) is 5.38. The Morgan fingerprint density at radius 2 is 1.84 bits per heavy atom. The molecular weight excluding hydrogens is 354 g/mol. The monoisotopic (exact) mass is 378 g/mol. The molecule has 0 amide bonds. The van der Waals surface area contributed by atoms with Crippen molar-refractivity contribution in [3.63, 3.8) is 0 Å². The van der Waals surface area contributed by atoms with Crippen LogP contribution in [0, 0.1) is 5.82 Å². The molecule has 1 aromatic carbocycles. The minimum atomic E-state index is -0.517. The molecule has 3 heteroatoms. The highest BCUT2D eigenvalue weighted by atomic mass is 127. The van der Waals surface area contributed by atoms with Gasteiger partial charge in [0.15, 0.2) is 0 Å². The van der Waals surface area contributed by atoms with Crippen molar-refractivity contribution in [2.45, 2.75) is 51.6 Å². The summed E-state index contributed by atoms with van der Waals surface area (Å²) in [5.74, 6) is -0.173. The Bertz CT molecular complexity index is 370. The first-order valence-corrected chi connectivity index (χ1v) is 8.61. The Labute approximate surface area is 130 Å². The molecule has 0 spiro atoms. The number of hydrogen-bond donors (Lipinski definition) is 0. The Morgan fingerprint density at radius 1 is 1.16 bits per heavy atom. The van der Waals surface area contributed by atoms with Gasteiger partial charge in [-0.05, 0) is 19.4 Å². The van der Waals surface area contributed by atoms with E-state index in [0.717, 1.165) is 10.8 Å². The number of rotatable bonds is 9. The lowest BCUT2D eigenvalue weighted by atomic mass is 9.97. The number of ether oxygens (including phenoxy) is 1. The smallest absolute Gasteiger partial charge is 0.129 e. The van der Waals surface area contributed by atoms with Crippen LogP contribution in [0.1, 0.15) is 51.5 Å². The molecule has 0 saturated heterocycles. The topological polar surface area (TPSA) is 9.23 Å². The van der Waals surface area contributed by atoms with Crippen LogP contribution in [0.4, 0.5) is 4.39 Å². The van der Waals surface area contributed by atoms with E-state index in [9.17, 15) is 4.39 Å². The van der Waals surface area contributed by atoms with E-state index in [-0.39, 0.29) is 5.82 Å². The van der Waals surface area contributed by atoms with Crippen LogP contribution in [0.3, 0.4) is 0 Å². The lowest BCUT2D eigenvalue weighted by Gasteiger charge is -2.29. The van der Waals surface area contributed by atoms with Gasteiger partial charge in [-0.1, -0.05) is 73.4 Å². The maximum Gasteiger partial charge on any atom is 0.129 e. The number of unbranched alkanes of at least 4 members (excludes halogenated alkanes) is 4. The molecule has 1 aromatic rings. The fourth-order valence-electron chi connectivity index (χ4n) is 2.08. The number of hydrogen-bond acceptors (Lipinski definition) is 1. The third-order valence-corrected chi connectivity index (χ3v) is 4.82. The minimum absolute atomic E-state index is 0.173. The van der Waals surface area contributed by atoms with E-state index in [1.165, 1.54) is 31.7 Å². The number of halogens is 2. The van der Waals surface area contributed by atoms with Crippen LogP contribution in [0.5, 0.6) is 0 Å². The second-order valence-corrected chi connectivity index (χ2v) is 5.87. The predicted molar refractivity (Wildman–Crippen MR) is 87.4 cm³/mol. The molecule has 0 aliphatic carbocycles. The van der Waals surface area contributed by atoms with Gasteiger partial charge in [-0.25, -0.2) is 4.39 Å². The molecular formula is C16H24FIO. The SMILES string of the molecule is CCCCCCCOC(C)(CI)c1ccccc1F. The normalized spacial score (nSPS) is 14.3. The molecule has 0 fully saturated rings. The van der Waals surface area contributed by atoms with Gasteiger partial charge in [0.1, 0.15) is 11.4 Å². The molecule has 0 aliphatic rings. The van der Waals surface area contributed by atoms with Crippen LogP contribution in [0.15, 0.2) is 24.3 Å². The van der Waals surface area contributed by atoms with E-state index in [2.05, 4.69) is 29.5 Å². The quantitative estimate of drug-likeness (QED) is 0.315. The van der Waals surface area contributed by atoms with Gasteiger partial charge in [0.2, 0.25) is 0 Å². The fourth-order valence-corrected chi connectivity index (χ4v) is 2.71. The second kappa shape index (κ2) is 8.90. The molecule has 0 heterocycles. The van der Waals surface area contributed by atoms with Crippen LogP contribution < -0.4 is 0 Å². The van der Waals surface area contributed by atoms with Crippen LogP contribution >= 0.6 is 22.6 Å². The second-order valence-electron chi connectivity index (χ2n) is 5.11. The van der Waals surface area contributed by atoms with Crippen LogP contribution in [-0.2, 0) is 10.3 Å². The van der Waals surface area contributed by atoms with Crippen molar-refractivity contribution in [1.29, 1.82) is 0 Å². The maximum atomic E-state index is 13.9. The van der Waals surface area contributed by atoms with E-state index in [1.54, 1.807) is 6.07 Å². The zero-order chi connectivity index (χ0) is 14.1. The molecule has 0 bridgehead atoms. The van der Waals surface area contributed by atoms with Gasteiger partial charge in [-0.3, -0.25) is 0 Å². The summed E-state index contributed by atoms with van der Waals surface area (Å²) in [6.45, 7) is 4.89. The van der Waals surface area contributed by atoms with E-state index in [0.29, 0.717) is 12.2 Å². The zero-order valence-electron chi connectivity index (χ0n) is 11.9. The summed E-state index contributed by atoms with van der Waals surface area (Å²) in [5.41, 5.74) is 0.148. The number of benzene rings is 1. The van der Waals surface area contributed by atoms with Crippen molar-refractivity contribution in [1.82, 2.24) is 0 Å². The lowest BCUT2D eigenvalue weighted by molar-refractivity contribution is -0.0196. The van der Waals surface area contributed by atoms with Crippen LogP contribution in [-0.4, -0.2) is 11.0 Å². The first-order chi connectivity index (χ1) is 9.14. The Kier molecular flexibility index (Phi) is 7.91. The summed E-state index contributed by atoms with van der Waals surface area (Å²) in [6.07, 6.45) is 6.06. The van der Waals surface area contributed by atoms with E-state index in [1.807, 2.05) is 19.1 Å². The van der Waals surface area contributed by atoms with E-state index < -0.39 is 5.60 Å². The largest absolute Gasteiger partial charge is 0.370 e. The standard InChI is InChI=1S/C16H24FIO/c1-3-4-5-6-9-12-19-16(2,13-18)14-10-7-8-11-15(14)17/h7-8,10-11H,3-6,9,12-13H2,1-2H3. The van der Waals surface area contributed by atoms with Crippen molar-refractivity contribution < 1.29 is 9.13 Å². The molecule has 19 heavy (non-hydrogen) atoms. The van der Waals surface area contributed by atoms with Crippen molar-refractivity contribution in [2.24, 2.45) is 0 Å². The zero-order valence-corrected chi connectivity index (χ0v) is 14.1. The Morgan fingerprint density at radius 3 is 2.47 bits per heavy atom. The molecule has 0 N–H and O–H groups in total. The molecule has 1 atom stereocenters. The molecule has 0 aromatic heterocycles. The predicted octanol–water partition coefficient (Wildman–Crippen LogP) is 5.46. The Balaban J connectivity index is 2.49. The molecule has 108 valence electrons. The highest BCUT2D eigenvalue weighted by molar-refractivity contribution is 14.1. The van der Waals surface area contributed by atoms with Gasteiger partial charge in [-0.2, -0.15) is 0 Å². The van der Waals surface area contributed by atoms with Gasteiger partial charge in [0.05, 0.1) is 0 Å². The van der Waals surface area contributed by atoms with Gasteiger partial charge in [-0.15, -0.1) is 0 Å². The summed E-state index contributed by atoms with van der Waals surface area (Å²) in [4.78, 5) is 0. The van der Waals surface area contributed by atoms with Gasteiger partial charge in [0.25, 0.3) is 0 Å². The molecule has 1 nitrogen and oxygen atoms in total. The van der Waals surface area contributed by atoms with Crippen molar-refractivity contribution in [3.05, 3.63) is 35.6 Å². The fraction of sp³-hybridized carbons (Fsp3) is 0.625. The Hall–Kier alpha value is -0.160. The first-order valence-electron chi connectivity index (χ1n) is 7.09. The van der Waals surface area contributed by atoms with Crippen LogP contribution in [0.25, 0.3) is 0 Å². The van der Waals surface area contributed by atoms with Crippen molar-refractivity contribution in [2.75, 3.05) is 11.0 Å². The third-order valence-electron chi connectivity index (χ3n) is 3.37. The molecule has 1 rings (SSSR count). The lowest BCUT2D eigenvalue weighted by Crippen LogP contribution is -2.29. The highest BCUT2D eigenvalue weighted by Gasteiger charge is 2.28. The maximum absolute atomic E-state index is 13.9. The van der Waals surface area contributed by atoms with Gasteiger partial charge >= 0.3 is 0 Å². The van der Waals surface area contributed by atoms with E-state index in [4.69, 9.17) is 4.74 Å². The highest BCUT2D eigenvalue weighted by Crippen LogP contribution is 2.30. The summed E-state index contributed by atoms with van der Waals surface area (Å²) in [6, 6.07) is 6.92. The average molecular weight is 378 g/mol. The molecule has 1 unspecified atom stereocenters.